The zero-order valence-electron chi connectivity index (χ0n) is 6.33. The Morgan fingerprint density at radius 3 is 3.00 bits per heavy atom. The highest BCUT2D eigenvalue weighted by Crippen LogP contribution is 2.13. The molecule has 1 aromatic rings. The number of nitrogens with zero attached hydrogens (tertiary/aromatic N) is 1. The summed E-state index contributed by atoms with van der Waals surface area (Å²) in [7, 11) is 0. The number of carbonyl (C=O) groups is 1. The number of carboxylic acids is 1. The lowest BCUT2D eigenvalue weighted by Gasteiger charge is -1.98. The normalized spacial score (nSPS) is 9.75. The molecule has 0 aliphatic carbocycles. The lowest BCUT2D eigenvalue weighted by Crippen LogP contribution is -1.99. The second-order valence-electron chi connectivity index (χ2n) is 2.33. The van der Waals surface area contributed by atoms with Crippen LogP contribution in [0.4, 0.5) is 0 Å². The first-order valence-electron chi connectivity index (χ1n) is 3.51. The van der Waals surface area contributed by atoms with Crippen molar-refractivity contribution in [1.82, 2.24) is 4.98 Å². The van der Waals surface area contributed by atoms with Gasteiger partial charge in [0.15, 0.2) is 0 Å². The van der Waals surface area contributed by atoms with Crippen LogP contribution >= 0.6 is 11.6 Å². The molecule has 0 unspecified atom stereocenters. The predicted octanol–water partition coefficient (Wildman–Crippen LogP) is 1.75. The summed E-state index contributed by atoms with van der Waals surface area (Å²) in [4.78, 5) is 14.2. The smallest absolute Gasteiger partial charge is 0.303 e. The number of aliphatic carboxylic acids is 1. The van der Waals surface area contributed by atoms with Crippen LogP contribution in [-0.4, -0.2) is 16.1 Å². The fourth-order valence-corrected chi connectivity index (χ4v) is 1.04. The second-order valence-corrected chi connectivity index (χ2v) is 2.73. The molecule has 0 aromatic carbocycles. The van der Waals surface area contributed by atoms with Gasteiger partial charge in [0.25, 0.3) is 0 Å². The minimum Gasteiger partial charge on any atom is -0.481 e. The summed E-state index contributed by atoms with van der Waals surface area (Å²) in [5.41, 5.74) is 0.640. The highest BCUT2D eigenvalue weighted by atomic mass is 35.5. The highest BCUT2D eigenvalue weighted by Gasteiger charge is 2.03. The number of aromatic nitrogens is 1. The van der Waals surface area contributed by atoms with Gasteiger partial charge in [-0.15, -0.1) is 0 Å². The standard InChI is InChI=1S/C8H8ClNO2/c9-6-2-1-5-10-7(6)3-4-8(11)12/h1-2,5H,3-4H2,(H,11,12). The third-order valence-corrected chi connectivity index (χ3v) is 1.75. The molecule has 0 radical (unpaired) electrons. The third kappa shape index (κ3) is 2.51. The quantitative estimate of drug-likeness (QED) is 0.781. The van der Waals surface area contributed by atoms with Crippen molar-refractivity contribution in [2.45, 2.75) is 12.8 Å². The summed E-state index contributed by atoms with van der Waals surface area (Å²) in [6, 6.07) is 3.42. The second kappa shape index (κ2) is 4.07. The molecule has 0 aliphatic heterocycles. The van der Waals surface area contributed by atoms with Gasteiger partial charge in [-0.3, -0.25) is 9.78 Å². The summed E-state index contributed by atoms with van der Waals surface area (Å²) in [6.07, 6.45) is 2.05. The molecule has 0 atom stereocenters. The minimum atomic E-state index is -0.836. The Bertz CT molecular complexity index is 288. The summed E-state index contributed by atoms with van der Waals surface area (Å²) in [5, 5.41) is 8.92. The lowest BCUT2D eigenvalue weighted by molar-refractivity contribution is -0.136. The van der Waals surface area contributed by atoms with E-state index in [0.717, 1.165) is 0 Å². The first-order valence-corrected chi connectivity index (χ1v) is 3.89. The molecule has 12 heavy (non-hydrogen) atoms. The van der Waals surface area contributed by atoms with Crippen molar-refractivity contribution in [3.63, 3.8) is 0 Å². The van der Waals surface area contributed by atoms with Crippen LogP contribution < -0.4 is 0 Å². The van der Waals surface area contributed by atoms with Gasteiger partial charge in [-0.25, -0.2) is 0 Å². The molecule has 0 fully saturated rings. The molecule has 0 saturated carbocycles. The first kappa shape index (κ1) is 9.00. The van der Waals surface area contributed by atoms with Gasteiger partial charge >= 0.3 is 5.97 Å². The Balaban J connectivity index is 2.63. The van der Waals surface area contributed by atoms with Crippen LogP contribution in [0.15, 0.2) is 18.3 Å². The highest BCUT2D eigenvalue weighted by molar-refractivity contribution is 6.31. The van der Waals surface area contributed by atoms with E-state index in [-0.39, 0.29) is 6.42 Å². The molecule has 64 valence electrons. The average Bonchev–Trinajstić information content (AvgIpc) is 2.03. The van der Waals surface area contributed by atoms with E-state index >= 15 is 0 Å². The average molecular weight is 186 g/mol. The molecule has 1 rings (SSSR count). The molecule has 0 aliphatic rings. The SMILES string of the molecule is O=C(O)CCc1ncccc1Cl. The number of aryl methyl sites for hydroxylation is 1. The Kier molecular flexibility index (Phi) is 3.05. The summed E-state index contributed by atoms with van der Waals surface area (Å²) in [6.45, 7) is 0. The third-order valence-electron chi connectivity index (χ3n) is 1.41. The molecule has 1 heterocycles. The molecule has 1 N–H and O–H groups in total. The summed E-state index contributed by atoms with van der Waals surface area (Å²) < 4.78 is 0. The number of hydrogen-bond acceptors (Lipinski definition) is 2. The van der Waals surface area contributed by atoms with E-state index < -0.39 is 5.97 Å². The van der Waals surface area contributed by atoms with Crippen molar-refractivity contribution in [2.75, 3.05) is 0 Å². The Morgan fingerprint density at radius 2 is 2.42 bits per heavy atom. The molecular weight excluding hydrogens is 178 g/mol. The molecule has 4 heteroatoms. The maximum atomic E-state index is 10.2. The van der Waals surface area contributed by atoms with Crippen LogP contribution in [0.5, 0.6) is 0 Å². The zero-order chi connectivity index (χ0) is 8.97. The van der Waals surface area contributed by atoms with Crippen LogP contribution in [-0.2, 0) is 11.2 Å². The number of halogens is 1. The van der Waals surface area contributed by atoms with Gasteiger partial charge in [0.05, 0.1) is 17.1 Å². The molecule has 3 nitrogen and oxygen atoms in total. The van der Waals surface area contributed by atoms with E-state index in [1.807, 2.05) is 0 Å². The zero-order valence-corrected chi connectivity index (χ0v) is 7.08. The number of hydrogen-bond donors (Lipinski definition) is 1. The van der Waals surface area contributed by atoms with Gasteiger partial charge in [0.2, 0.25) is 0 Å². The van der Waals surface area contributed by atoms with Crippen LogP contribution in [0.25, 0.3) is 0 Å². The Labute approximate surface area is 75.0 Å². The first-order chi connectivity index (χ1) is 5.70. The van der Waals surface area contributed by atoms with Crippen LogP contribution in [0.2, 0.25) is 5.02 Å². The topological polar surface area (TPSA) is 50.2 Å². The summed E-state index contributed by atoms with van der Waals surface area (Å²) in [5.74, 6) is -0.836. The van der Waals surface area contributed by atoms with E-state index in [2.05, 4.69) is 4.98 Å². The van der Waals surface area contributed by atoms with Crippen LogP contribution in [0.3, 0.4) is 0 Å². The van der Waals surface area contributed by atoms with Crippen LogP contribution in [0, 0.1) is 0 Å². The summed E-state index contributed by atoms with van der Waals surface area (Å²) >= 11 is 5.75. The number of carboxylic acid groups (broad SMARTS) is 1. The molecule has 0 bridgehead atoms. The van der Waals surface area contributed by atoms with Gasteiger partial charge in [0, 0.05) is 12.6 Å². The number of pyridine rings is 1. The molecule has 0 saturated heterocycles. The van der Waals surface area contributed by atoms with Gasteiger partial charge in [0.1, 0.15) is 0 Å². The predicted molar refractivity (Wildman–Crippen MR) is 45.2 cm³/mol. The van der Waals surface area contributed by atoms with Crippen molar-refractivity contribution in [3.05, 3.63) is 29.0 Å². The molecule has 1 aromatic heterocycles. The fraction of sp³-hybridized carbons (Fsp3) is 0.250. The lowest BCUT2D eigenvalue weighted by atomic mass is 10.2. The maximum absolute atomic E-state index is 10.2. The van der Waals surface area contributed by atoms with Gasteiger partial charge in [-0.2, -0.15) is 0 Å². The van der Waals surface area contributed by atoms with Crippen molar-refractivity contribution >= 4 is 17.6 Å². The molecule has 0 spiro atoms. The van der Waals surface area contributed by atoms with Gasteiger partial charge < -0.3 is 5.11 Å². The molecular formula is C8H8ClNO2. The monoisotopic (exact) mass is 185 g/mol. The maximum Gasteiger partial charge on any atom is 0.303 e. The molecule has 0 amide bonds. The van der Waals surface area contributed by atoms with Crippen molar-refractivity contribution in [1.29, 1.82) is 0 Å². The Hall–Kier alpha value is -1.09. The van der Waals surface area contributed by atoms with Crippen molar-refractivity contribution in [3.8, 4) is 0 Å². The van der Waals surface area contributed by atoms with E-state index in [1.54, 1.807) is 18.3 Å². The van der Waals surface area contributed by atoms with Crippen molar-refractivity contribution in [2.24, 2.45) is 0 Å². The van der Waals surface area contributed by atoms with Gasteiger partial charge in [-0.05, 0) is 12.1 Å². The van der Waals surface area contributed by atoms with Gasteiger partial charge in [-0.1, -0.05) is 11.6 Å². The Morgan fingerprint density at radius 1 is 1.67 bits per heavy atom. The number of rotatable bonds is 3. The van der Waals surface area contributed by atoms with E-state index in [9.17, 15) is 4.79 Å². The van der Waals surface area contributed by atoms with E-state index in [4.69, 9.17) is 16.7 Å². The van der Waals surface area contributed by atoms with Crippen molar-refractivity contribution < 1.29 is 9.90 Å². The van der Waals surface area contributed by atoms with Crippen LogP contribution in [0.1, 0.15) is 12.1 Å². The largest absolute Gasteiger partial charge is 0.481 e. The van der Waals surface area contributed by atoms with E-state index in [0.29, 0.717) is 17.1 Å². The minimum absolute atomic E-state index is 0.0662. The fourth-order valence-electron chi connectivity index (χ4n) is 0.828. The van der Waals surface area contributed by atoms with E-state index in [1.165, 1.54) is 0 Å².